The van der Waals surface area contributed by atoms with Gasteiger partial charge in [0.2, 0.25) is 0 Å². The molecule has 0 radical (unpaired) electrons. The third-order valence-electron chi connectivity index (χ3n) is 4.83. The summed E-state index contributed by atoms with van der Waals surface area (Å²) in [7, 11) is 0. The third-order valence-corrected chi connectivity index (χ3v) is 4.83. The summed E-state index contributed by atoms with van der Waals surface area (Å²) in [5.41, 5.74) is 3.09. The van der Waals surface area contributed by atoms with E-state index in [1.54, 1.807) is 12.1 Å². The molecule has 0 atom stereocenters. The standard InChI is InChI=1S/C27H24FNO2/c1-27(2,3)29-26(30)23-22(18-10-6-4-7-11-18)24(19-12-8-5-9-13-19)31-25(23)20-14-16-21(28)17-15-20/h4-17H,1-3H3,(H,29,30). The average molecular weight is 413 g/mol. The van der Waals surface area contributed by atoms with Crippen LogP contribution in [0.2, 0.25) is 0 Å². The number of halogens is 1. The lowest BCUT2D eigenvalue weighted by Gasteiger charge is -2.21. The number of rotatable bonds is 4. The van der Waals surface area contributed by atoms with Crippen LogP contribution in [0.3, 0.4) is 0 Å². The first-order valence-electron chi connectivity index (χ1n) is 10.2. The Kier molecular flexibility index (Phi) is 5.47. The summed E-state index contributed by atoms with van der Waals surface area (Å²) in [6, 6.07) is 25.4. The van der Waals surface area contributed by atoms with Gasteiger partial charge in [-0.05, 0) is 50.6 Å². The van der Waals surface area contributed by atoms with E-state index in [9.17, 15) is 9.18 Å². The highest BCUT2D eigenvalue weighted by atomic mass is 19.1. The molecular weight excluding hydrogens is 389 g/mol. The fourth-order valence-corrected chi connectivity index (χ4v) is 3.53. The minimum atomic E-state index is -0.435. The van der Waals surface area contributed by atoms with Crippen molar-refractivity contribution in [1.29, 1.82) is 0 Å². The second kappa shape index (κ2) is 8.23. The summed E-state index contributed by atoms with van der Waals surface area (Å²) in [5.74, 6) is 0.434. The topological polar surface area (TPSA) is 42.2 Å². The Morgan fingerprint density at radius 3 is 1.81 bits per heavy atom. The zero-order valence-corrected chi connectivity index (χ0v) is 17.8. The molecule has 0 aliphatic heterocycles. The Bertz CT molecular complexity index is 1190. The molecule has 1 heterocycles. The van der Waals surface area contributed by atoms with Crippen LogP contribution < -0.4 is 5.32 Å². The van der Waals surface area contributed by atoms with E-state index in [2.05, 4.69) is 5.32 Å². The predicted molar refractivity (Wildman–Crippen MR) is 122 cm³/mol. The van der Waals surface area contributed by atoms with Crippen molar-refractivity contribution in [2.24, 2.45) is 0 Å². The minimum Gasteiger partial charge on any atom is -0.455 e. The second-order valence-corrected chi connectivity index (χ2v) is 8.45. The minimum absolute atomic E-state index is 0.239. The van der Waals surface area contributed by atoms with Gasteiger partial charge in [0.05, 0.1) is 5.56 Å². The van der Waals surface area contributed by atoms with E-state index in [4.69, 9.17) is 4.42 Å². The van der Waals surface area contributed by atoms with E-state index in [1.165, 1.54) is 12.1 Å². The summed E-state index contributed by atoms with van der Waals surface area (Å²) < 4.78 is 20.0. The number of furan rings is 1. The smallest absolute Gasteiger partial charge is 0.256 e. The Morgan fingerprint density at radius 1 is 0.742 bits per heavy atom. The molecule has 3 nitrogen and oxygen atoms in total. The molecule has 3 aromatic carbocycles. The molecule has 31 heavy (non-hydrogen) atoms. The Hall–Kier alpha value is -3.66. The summed E-state index contributed by atoms with van der Waals surface area (Å²) in [4.78, 5) is 13.5. The van der Waals surface area contributed by atoms with Crippen molar-refractivity contribution < 1.29 is 13.6 Å². The fourth-order valence-electron chi connectivity index (χ4n) is 3.53. The van der Waals surface area contributed by atoms with E-state index in [0.717, 1.165) is 11.1 Å². The van der Waals surface area contributed by atoms with E-state index in [0.29, 0.717) is 28.2 Å². The van der Waals surface area contributed by atoms with E-state index in [1.807, 2.05) is 81.4 Å². The first-order chi connectivity index (χ1) is 14.8. The molecule has 4 aromatic rings. The molecule has 4 heteroatoms. The number of carbonyl (C=O) groups is 1. The van der Waals surface area contributed by atoms with E-state index < -0.39 is 5.54 Å². The van der Waals surface area contributed by atoms with Crippen LogP contribution in [-0.4, -0.2) is 11.4 Å². The highest BCUT2D eigenvalue weighted by molar-refractivity contribution is 6.09. The van der Waals surface area contributed by atoms with Crippen molar-refractivity contribution in [1.82, 2.24) is 5.32 Å². The number of hydrogen-bond donors (Lipinski definition) is 1. The maximum Gasteiger partial charge on any atom is 0.256 e. The van der Waals surface area contributed by atoms with Crippen LogP contribution in [0.4, 0.5) is 4.39 Å². The lowest BCUT2D eigenvalue weighted by molar-refractivity contribution is 0.0920. The Morgan fingerprint density at radius 2 is 1.26 bits per heavy atom. The lowest BCUT2D eigenvalue weighted by Crippen LogP contribution is -2.40. The molecule has 4 rings (SSSR count). The Labute approximate surface area is 181 Å². The molecule has 0 unspecified atom stereocenters. The number of hydrogen-bond acceptors (Lipinski definition) is 2. The molecule has 0 saturated carbocycles. The fraction of sp³-hybridized carbons (Fsp3) is 0.148. The van der Waals surface area contributed by atoms with Crippen molar-refractivity contribution >= 4 is 5.91 Å². The van der Waals surface area contributed by atoms with Gasteiger partial charge in [-0.15, -0.1) is 0 Å². The average Bonchev–Trinajstić information content (AvgIpc) is 3.15. The van der Waals surface area contributed by atoms with Gasteiger partial charge in [-0.3, -0.25) is 4.79 Å². The lowest BCUT2D eigenvalue weighted by atomic mass is 9.94. The maximum atomic E-state index is 13.6. The molecule has 1 N–H and O–H groups in total. The zero-order chi connectivity index (χ0) is 22.0. The summed E-state index contributed by atoms with van der Waals surface area (Å²) in [6.45, 7) is 5.80. The largest absolute Gasteiger partial charge is 0.455 e. The molecule has 0 bridgehead atoms. The second-order valence-electron chi connectivity index (χ2n) is 8.45. The van der Waals surface area contributed by atoms with Gasteiger partial charge in [-0.2, -0.15) is 0 Å². The van der Waals surface area contributed by atoms with Crippen molar-refractivity contribution in [2.75, 3.05) is 0 Å². The van der Waals surface area contributed by atoms with Gasteiger partial charge < -0.3 is 9.73 Å². The molecule has 0 aliphatic carbocycles. The molecule has 0 spiro atoms. The molecular formula is C27H24FNO2. The van der Waals surface area contributed by atoms with Crippen LogP contribution in [0, 0.1) is 5.82 Å². The van der Waals surface area contributed by atoms with Gasteiger partial charge in [-0.1, -0.05) is 60.7 Å². The van der Waals surface area contributed by atoms with Crippen molar-refractivity contribution in [2.45, 2.75) is 26.3 Å². The van der Waals surface area contributed by atoms with Gasteiger partial charge >= 0.3 is 0 Å². The Balaban J connectivity index is 2.04. The zero-order valence-electron chi connectivity index (χ0n) is 17.8. The quantitative estimate of drug-likeness (QED) is 0.393. The van der Waals surface area contributed by atoms with Gasteiger partial charge in [0.15, 0.2) is 0 Å². The summed E-state index contributed by atoms with van der Waals surface area (Å²) >= 11 is 0. The number of nitrogens with one attached hydrogen (secondary N) is 1. The molecule has 0 fully saturated rings. The van der Waals surface area contributed by atoms with E-state index >= 15 is 0 Å². The van der Waals surface area contributed by atoms with Crippen LogP contribution in [0.5, 0.6) is 0 Å². The normalized spacial score (nSPS) is 11.4. The highest BCUT2D eigenvalue weighted by Gasteiger charge is 2.30. The van der Waals surface area contributed by atoms with Gasteiger partial charge in [0, 0.05) is 22.2 Å². The van der Waals surface area contributed by atoms with Gasteiger partial charge in [0.1, 0.15) is 17.3 Å². The highest BCUT2D eigenvalue weighted by Crippen LogP contribution is 2.43. The van der Waals surface area contributed by atoms with Crippen LogP contribution in [0.25, 0.3) is 33.8 Å². The summed E-state index contributed by atoms with van der Waals surface area (Å²) in [5, 5.41) is 3.06. The van der Waals surface area contributed by atoms with Gasteiger partial charge in [-0.25, -0.2) is 4.39 Å². The molecule has 1 aromatic heterocycles. The van der Waals surface area contributed by atoms with Crippen molar-refractivity contribution in [3.05, 3.63) is 96.3 Å². The molecule has 156 valence electrons. The van der Waals surface area contributed by atoms with Crippen LogP contribution in [-0.2, 0) is 0 Å². The van der Waals surface area contributed by atoms with E-state index in [-0.39, 0.29) is 11.7 Å². The van der Waals surface area contributed by atoms with Crippen molar-refractivity contribution in [3.8, 4) is 33.8 Å². The van der Waals surface area contributed by atoms with Crippen LogP contribution >= 0.6 is 0 Å². The third kappa shape index (κ3) is 4.43. The summed E-state index contributed by atoms with van der Waals surface area (Å²) in [6.07, 6.45) is 0. The number of carbonyl (C=O) groups excluding carboxylic acids is 1. The maximum absolute atomic E-state index is 13.6. The van der Waals surface area contributed by atoms with Crippen LogP contribution in [0.1, 0.15) is 31.1 Å². The van der Waals surface area contributed by atoms with Crippen molar-refractivity contribution in [3.63, 3.8) is 0 Å². The SMILES string of the molecule is CC(C)(C)NC(=O)c1c(-c2ccc(F)cc2)oc(-c2ccccc2)c1-c1ccccc1. The first-order valence-corrected chi connectivity index (χ1v) is 10.2. The van der Waals surface area contributed by atoms with Crippen LogP contribution in [0.15, 0.2) is 89.3 Å². The number of benzene rings is 3. The number of amides is 1. The van der Waals surface area contributed by atoms with Gasteiger partial charge in [0.25, 0.3) is 5.91 Å². The molecule has 1 amide bonds. The predicted octanol–water partition coefficient (Wildman–Crippen LogP) is 6.95. The molecule has 0 aliphatic rings. The first kappa shape index (κ1) is 20.6. The monoisotopic (exact) mass is 413 g/mol. The molecule has 0 saturated heterocycles.